The summed E-state index contributed by atoms with van der Waals surface area (Å²) in [5, 5.41) is 0.767. The lowest BCUT2D eigenvalue weighted by Crippen LogP contribution is -2.46. The van der Waals surface area contributed by atoms with Gasteiger partial charge in [0.05, 0.1) is 23.9 Å². The normalized spacial score (nSPS) is 11.3. The minimum atomic E-state index is -0.573. The topological polar surface area (TPSA) is 68.7 Å². The fraction of sp³-hybridized carbons (Fsp3) is 0.320. The third kappa shape index (κ3) is 5.40. The van der Waals surface area contributed by atoms with E-state index in [-0.39, 0.29) is 12.5 Å². The van der Waals surface area contributed by atoms with Crippen molar-refractivity contribution in [2.45, 2.75) is 39.8 Å². The highest BCUT2D eigenvalue weighted by Crippen LogP contribution is 2.23. The summed E-state index contributed by atoms with van der Waals surface area (Å²) < 4.78 is 10.6. The molecule has 0 bridgehead atoms. The minimum Gasteiger partial charge on any atom is -0.497 e. The maximum absolute atomic E-state index is 12.9. The highest BCUT2D eigenvalue weighted by molar-refractivity contribution is 5.96. The molecule has 3 rings (SSSR count). The number of aromatic nitrogens is 1. The van der Waals surface area contributed by atoms with Crippen LogP contribution in [0.4, 0.5) is 0 Å². The van der Waals surface area contributed by atoms with E-state index in [4.69, 9.17) is 9.47 Å². The number of carbonyl (C=O) groups excluding carboxylic acids is 2. The third-order valence-electron chi connectivity index (χ3n) is 5.05. The van der Waals surface area contributed by atoms with Crippen LogP contribution in [0.3, 0.4) is 0 Å². The van der Waals surface area contributed by atoms with Gasteiger partial charge in [0.15, 0.2) is 6.61 Å². The number of fused-ring (bicyclic) bond motifs is 1. The van der Waals surface area contributed by atoms with Crippen LogP contribution in [0.25, 0.3) is 10.9 Å². The fourth-order valence-electron chi connectivity index (χ4n) is 3.33. The van der Waals surface area contributed by atoms with Crippen molar-refractivity contribution >= 4 is 22.8 Å². The number of carbonyl (C=O) groups is 2. The van der Waals surface area contributed by atoms with E-state index in [1.165, 1.54) is 0 Å². The van der Waals surface area contributed by atoms with Crippen LogP contribution in [0.15, 0.2) is 54.6 Å². The summed E-state index contributed by atoms with van der Waals surface area (Å²) >= 11 is 0. The number of esters is 1. The second-order valence-corrected chi connectivity index (χ2v) is 8.39. The van der Waals surface area contributed by atoms with Crippen LogP contribution >= 0.6 is 0 Å². The van der Waals surface area contributed by atoms with Gasteiger partial charge in [0, 0.05) is 17.5 Å². The predicted octanol–water partition coefficient (Wildman–Crippen LogP) is 4.54. The van der Waals surface area contributed by atoms with E-state index in [1.807, 2.05) is 69.3 Å². The average Bonchev–Trinajstić information content (AvgIpc) is 2.74. The fourth-order valence-corrected chi connectivity index (χ4v) is 3.33. The number of benzene rings is 2. The molecule has 0 saturated carbocycles. The van der Waals surface area contributed by atoms with Crippen LogP contribution < -0.4 is 4.74 Å². The van der Waals surface area contributed by atoms with Gasteiger partial charge in [-0.1, -0.05) is 30.3 Å². The number of hydrogen-bond donors (Lipinski definition) is 0. The molecule has 0 aliphatic heterocycles. The summed E-state index contributed by atoms with van der Waals surface area (Å²) in [5.41, 5.74) is 2.23. The molecule has 2 aromatic carbocycles. The quantitative estimate of drug-likeness (QED) is 0.548. The van der Waals surface area contributed by atoms with Gasteiger partial charge in [0.1, 0.15) is 5.75 Å². The Hall–Kier alpha value is -3.41. The summed E-state index contributed by atoms with van der Waals surface area (Å²) in [6, 6.07) is 16.9. The summed E-state index contributed by atoms with van der Waals surface area (Å²) in [6.45, 7) is 7.73. The first-order chi connectivity index (χ1) is 14.7. The van der Waals surface area contributed by atoms with Gasteiger partial charge < -0.3 is 14.4 Å². The van der Waals surface area contributed by atoms with E-state index in [0.717, 1.165) is 16.5 Å². The zero-order valence-corrected chi connectivity index (χ0v) is 18.6. The van der Waals surface area contributed by atoms with Crippen LogP contribution in [0, 0.1) is 6.92 Å². The van der Waals surface area contributed by atoms with Crippen LogP contribution in [0.5, 0.6) is 5.75 Å². The van der Waals surface area contributed by atoms with Crippen molar-refractivity contribution in [1.29, 1.82) is 0 Å². The van der Waals surface area contributed by atoms with Crippen molar-refractivity contribution in [2.24, 2.45) is 0 Å². The minimum absolute atomic E-state index is 0.252. The van der Waals surface area contributed by atoms with Gasteiger partial charge >= 0.3 is 5.97 Å². The Morgan fingerprint density at radius 3 is 2.39 bits per heavy atom. The Labute approximate surface area is 182 Å². The molecule has 162 valence electrons. The van der Waals surface area contributed by atoms with Crippen LogP contribution in [0.1, 0.15) is 42.4 Å². The lowest BCUT2D eigenvalue weighted by Gasteiger charge is -2.35. The molecule has 1 aromatic heterocycles. The molecule has 0 N–H and O–H groups in total. The molecule has 31 heavy (non-hydrogen) atoms. The summed E-state index contributed by atoms with van der Waals surface area (Å²) in [5.74, 6) is -0.149. The van der Waals surface area contributed by atoms with Gasteiger partial charge in [-0.3, -0.25) is 9.78 Å². The largest absolute Gasteiger partial charge is 0.497 e. The molecule has 0 aliphatic carbocycles. The highest BCUT2D eigenvalue weighted by Gasteiger charge is 2.27. The number of methoxy groups -OCH3 is 1. The second kappa shape index (κ2) is 9.16. The Kier molecular flexibility index (Phi) is 6.59. The molecular formula is C25H28N2O4. The average molecular weight is 421 g/mol. The Morgan fingerprint density at radius 2 is 1.74 bits per heavy atom. The number of amides is 1. The SMILES string of the molecule is COc1ccc2nc(C)c(C(=O)OCC(=O)N(Cc3ccccc3)C(C)(C)C)cc2c1. The zero-order chi connectivity index (χ0) is 22.6. The Morgan fingerprint density at radius 1 is 1.03 bits per heavy atom. The van der Waals surface area contributed by atoms with E-state index >= 15 is 0 Å². The van der Waals surface area contributed by atoms with Crippen LogP contribution in [0.2, 0.25) is 0 Å². The first-order valence-corrected chi connectivity index (χ1v) is 10.2. The second-order valence-electron chi connectivity index (χ2n) is 8.39. The zero-order valence-electron chi connectivity index (χ0n) is 18.6. The van der Waals surface area contributed by atoms with Crippen molar-refractivity contribution in [3.63, 3.8) is 0 Å². The first kappa shape index (κ1) is 22.3. The van der Waals surface area contributed by atoms with Crippen molar-refractivity contribution < 1.29 is 19.1 Å². The lowest BCUT2D eigenvalue weighted by molar-refractivity contribution is -0.140. The molecule has 0 spiro atoms. The molecule has 0 saturated heterocycles. The number of hydrogen-bond acceptors (Lipinski definition) is 5. The smallest absolute Gasteiger partial charge is 0.340 e. The van der Waals surface area contributed by atoms with Gasteiger partial charge in [0.25, 0.3) is 5.91 Å². The van der Waals surface area contributed by atoms with Gasteiger partial charge in [-0.2, -0.15) is 0 Å². The summed E-state index contributed by atoms with van der Waals surface area (Å²) in [4.78, 5) is 31.9. The molecule has 0 aliphatic rings. The van der Waals surface area contributed by atoms with Gasteiger partial charge in [-0.15, -0.1) is 0 Å². The van der Waals surface area contributed by atoms with E-state index in [2.05, 4.69) is 4.98 Å². The molecule has 0 fully saturated rings. The number of aryl methyl sites for hydroxylation is 1. The molecule has 0 atom stereocenters. The molecule has 0 radical (unpaired) electrons. The molecule has 1 heterocycles. The molecule has 6 heteroatoms. The number of ether oxygens (including phenoxy) is 2. The molecular weight excluding hydrogens is 392 g/mol. The monoisotopic (exact) mass is 420 g/mol. The van der Waals surface area contributed by atoms with Crippen molar-refractivity contribution in [1.82, 2.24) is 9.88 Å². The summed E-state index contributed by atoms with van der Waals surface area (Å²) in [7, 11) is 1.58. The molecule has 0 unspecified atom stereocenters. The van der Waals surface area contributed by atoms with E-state index in [0.29, 0.717) is 23.6 Å². The highest BCUT2D eigenvalue weighted by atomic mass is 16.5. The van der Waals surface area contributed by atoms with Crippen LogP contribution in [-0.4, -0.2) is 41.0 Å². The maximum Gasteiger partial charge on any atom is 0.340 e. The third-order valence-corrected chi connectivity index (χ3v) is 5.05. The number of nitrogens with zero attached hydrogens (tertiary/aromatic N) is 2. The predicted molar refractivity (Wildman–Crippen MR) is 120 cm³/mol. The number of pyridine rings is 1. The van der Waals surface area contributed by atoms with Crippen LogP contribution in [-0.2, 0) is 16.1 Å². The molecule has 6 nitrogen and oxygen atoms in total. The molecule has 3 aromatic rings. The van der Waals surface area contributed by atoms with Gasteiger partial charge in [0.2, 0.25) is 0 Å². The first-order valence-electron chi connectivity index (χ1n) is 10.2. The van der Waals surface area contributed by atoms with Crippen molar-refractivity contribution in [3.8, 4) is 5.75 Å². The Bertz CT molecular complexity index is 1090. The lowest BCUT2D eigenvalue weighted by atomic mass is 10.0. The Balaban J connectivity index is 1.75. The standard InChI is InChI=1S/C25H28N2O4/c1-17-21(14-19-13-20(30-5)11-12-22(19)26-17)24(29)31-16-23(28)27(25(2,3)4)15-18-9-7-6-8-10-18/h6-14H,15-16H2,1-5H3. The summed E-state index contributed by atoms with van der Waals surface area (Å²) in [6.07, 6.45) is 0. The van der Waals surface area contributed by atoms with Crippen molar-refractivity contribution in [2.75, 3.05) is 13.7 Å². The van der Waals surface area contributed by atoms with Gasteiger partial charge in [-0.05, 0) is 57.5 Å². The van der Waals surface area contributed by atoms with E-state index in [1.54, 1.807) is 25.0 Å². The maximum atomic E-state index is 12.9. The van der Waals surface area contributed by atoms with E-state index < -0.39 is 11.5 Å². The van der Waals surface area contributed by atoms with E-state index in [9.17, 15) is 9.59 Å². The van der Waals surface area contributed by atoms with Gasteiger partial charge in [-0.25, -0.2) is 4.79 Å². The molecule has 1 amide bonds. The van der Waals surface area contributed by atoms with Crippen molar-refractivity contribution in [3.05, 3.63) is 71.4 Å². The number of rotatable bonds is 6.